The molecule has 0 saturated heterocycles. The third-order valence-electron chi connectivity index (χ3n) is 1.97. The van der Waals surface area contributed by atoms with Crippen LogP contribution in [0, 0.1) is 14.9 Å². The van der Waals surface area contributed by atoms with Gasteiger partial charge in [0.15, 0.2) is 0 Å². The highest BCUT2D eigenvalue weighted by molar-refractivity contribution is 14.1. The second kappa shape index (κ2) is 4.09. The Kier molecular flexibility index (Phi) is 3.00. The van der Waals surface area contributed by atoms with Crippen molar-refractivity contribution in [2.75, 3.05) is 6.26 Å². The molecular formula is C10H6INS2. The second-order valence-corrected chi connectivity index (χ2v) is 5.60. The van der Waals surface area contributed by atoms with E-state index in [2.05, 4.69) is 34.0 Å². The molecule has 4 heteroatoms. The van der Waals surface area contributed by atoms with Crippen LogP contribution in [0.5, 0.6) is 0 Å². The predicted octanol–water partition coefficient (Wildman–Crippen LogP) is 4.10. The summed E-state index contributed by atoms with van der Waals surface area (Å²) in [5.74, 6) is 0. The van der Waals surface area contributed by atoms with Crippen LogP contribution >= 0.6 is 45.7 Å². The van der Waals surface area contributed by atoms with Crippen molar-refractivity contribution in [1.82, 2.24) is 0 Å². The standard InChI is InChI=1S/C10H6INS2/c1-13-10-6(4-12)2-3-8-9(10)7(11)5-14-8/h2-3,5H,1H3. The number of thiophene rings is 1. The van der Waals surface area contributed by atoms with Crippen LogP contribution in [0.1, 0.15) is 5.56 Å². The van der Waals surface area contributed by atoms with Gasteiger partial charge < -0.3 is 0 Å². The van der Waals surface area contributed by atoms with E-state index in [1.54, 1.807) is 23.1 Å². The molecule has 0 amide bonds. The van der Waals surface area contributed by atoms with Crippen LogP contribution in [0.3, 0.4) is 0 Å². The Balaban J connectivity index is 2.89. The maximum Gasteiger partial charge on any atom is 0.100 e. The van der Waals surface area contributed by atoms with E-state index < -0.39 is 0 Å². The van der Waals surface area contributed by atoms with Gasteiger partial charge in [-0.3, -0.25) is 0 Å². The van der Waals surface area contributed by atoms with Crippen molar-refractivity contribution >= 4 is 55.8 Å². The van der Waals surface area contributed by atoms with Gasteiger partial charge in [0.1, 0.15) is 6.07 Å². The first-order chi connectivity index (χ1) is 6.77. The summed E-state index contributed by atoms with van der Waals surface area (Å²) in [6.45, 7) is 0. The highest BCUT2D eigenvalue weighted by atomic mass is 127. The van der Waals surface area contributed by atoms with Crippen molar-refractivity contribution in [2.24, 2.45) is 0 Å². The molecule has 0 N–H and O–H groups in total. The van der Waals surface area contributed by atoms with E-state index in [9.17, 15) is 0 Å². The fourth-order valence-electron chi connectivity index (χ4n) is 1.36. The first kappa shape index (κ1) is 10.3. The number of hydrogen-bond acceptors (Lipinski definition) is 3. The molecule has 0 radical (unpaired) electrons. The van der Waals surface area contributed by atoms with Gasteiger partial charge in [-0.2, -0.15) is 5.26 Å². The molecule has 0 unspecified atom stereocenters. The Morgan fingerprint density at radius 2 is 2.29 bits per heavy atom. The Morgan fingerprint density at radius 1 is 1.50 bits per heavy atom. The molecule has 1 aromatic heterocycles. The number of rotatable bonds is 1. The minimum absolute atomic E-state index is 0.779. The minimum Gasteiger partial charge on any atom is -0.192 e. The molecule has 0 spiro atoms. The largest absolute Gasteiger partial charge is 0.192 e. The van der Waals surface area contributed by atoms with Crippen LogP contribution in [0.15, 0.2) is 22.4 Å². The lowest BCUT2D eigenvalue weighted by Crippen LogP contribution is -1.81. The van der Waals surface area contributed by atoms with Gasteiger partial charge in [-0.05, 0) is 41.0 Å². The monoisotopic (exact) mass is 331 g/mol. The molecule has 0 bridgehead atoms. The van der Waals surface area contributed by atoms with Crippen LogP contribution in [0.4, 0.5) is 0 Å². The highest BCUT2D eigenvalue weighted by Crippen LogP contribution is 2.36. The van der Waals surface area contributed by atoms with Crippen molar-refractivity contribution in [2.45, 2.75) is 4.90 Å². The summed E-state index contributed by atoms with van der Waals surface area (Å²) in [6, 6.07) is 6.17. The molecule has 70 valence electrons. The Bertz CT molecular complexity index is 525. The fourth-order valence-corrected chi connectivity index (χ4v) is 4.32. The molecule has 0 aliphatic heterocycles. The van der Waals surface area contributed by atoms with Crippen molar-refractivity contribution in [3.63, 3.8) is 0 Å². The topological polar surface area (TPSA) is 23.8 Å². The number of nitriles is 1. The molecule has 2 aromatic rings. The zero-order valence-electron chi connectivity index (χ0n) is 7.37. The lowest BCUT2D eigenvalue weighted by Gasteiger charge is -2.02. The van der Waals surface area contributed by atoms with Gasteiger partial charge in [-0.25, -0.2) is 0 Å². The van der Waals surface area contributed by atoms with Crippen molar-refractivity contribution in [1.29, 1.82) is 5.26 Å². The van der Waals surface area contributed by atoms with Crippen molar-refractivity contribution in [3.05, 3.63) is 26.6 Å². The fraction of sp³-hybridized carbons (Fsp3) is 0.100. The quantitative estimate of drug-likeness (QED) is 0.580. The third-order valence-corrected chi connectivity index (χ3v) is 5.03. The minimum atomic E-state index is 0.779. The molecule has 1 nitrogen and oxygen atoms in total. The van der Waals surface area contributed by atoms with Gasteiger partial charge in [0.2, 0.25) is 0 Å². The Morgan fingerprint density at radius 3 is 2.93 bits per heavy atom. The van der Waals surface area contributed by atoms with E-state index in [0.717, 1.165) is 10.5 Å². The lowest BCUT2D eigenvalue weighted by molar-refractivity contribution is 1.42. The van der Waals surface area contributed by atoms with Gasteiger partial charge in [0.25, 0.3) is 0 Å². The first-order valence-corrected chi connectivity index (χ1v) is 7.10. The molecule has 0 saturated carbocycles. The van der Waals surface area contributed by atoms with Crippen LogP contribution in [0.25, 0.3) is 10.1 Å². The van der Waals surface area contributed by atoms with Gasteiger partial charge >= 0.3 is 0 Å². The molecule has 0 fully saturated rings. The van der Waals surface area contributed by atoms with Crippen LogP contribution in [0.2, 0.25) is 0 Å². The summed E-state index contributed by atoms with van der Waals surface area (Å²) in [7, 11) is 0. The van der Waals surface area contributed by atoms with E-state index in [0.29, 0.717) is 0 Å². The molecule has 0 aliphatic carbocycles. The normalized spacial score (nSPS) is 10.4. The third kappa shape index (κ3) is 1.53. The molecule has 14 heavy (non-hydrogen) atoms. The predicted molar refractivity (Wildman–Crippen MR) is 71.0 cm³/mol. The van der Waals surface area contributed by atoms with E-state index >= 15 is 0 Å². The number of nitrogens with zero attached hydrogens (tertiary/aromatic N) is 1. The zero-order valence-corrected chi connectivity index (χ0v) is 11.2. The SMILES string of the molecule is CSc1c(C#N)ccc2scc(I)c12. The molecule has 1 heterocycles. The average Bonchev–Trinajstić information content (AvgIpc) is 2.59. The van der Waals surface area contributed by atoms with Gasteiger partial charge in [-0.15, -0.1) is 23.1 Å². The van der Waals surface area contributed by atoms with Crippen molar-refractivity contribution < 1.29 is 0 Å². The summed E-state index contributed by atoms with van der Waals surface area (Å²) < 4.78 is 2.50. The molecule has 0 aliphatic rings. The van der Waals surface area contributed by atoms with E-state index in [1.165, 1.54) is 13.7 Å². The smallest absolute Gasteiger partial charge is 0.100 e. The Labute approximate surface area is 104 Å². The molecule has 0 atom stereocenters. The number of halogens is 1. The van der Waals surface area contributed by atoms with E-state index in [-0.39, 0.29) is 0 Å². The highest BCUT2D eigenvalue weighted by Gasteiger charge is 2.10. The number of hydrogen-bond donors (Lipinski definition) is 0. The molecular weight excluding hydrogens is 325 g/mol. The van der Waals surface area contributed by atoms with E-state index in [4.69, 9.17) is 5.26 Å². The summed E-state index contributed by atoms with van der Waals surface area (Å²) in [5, 5.41) is 12.3. The maximum absolute atomic E-state index is 8.98. The second-order valence-electron chi connectivity index (χ2n) is 2.71. The summed E-state index contributed by atoms with van der Waals surface area (Å²) in [6.07, 6.45) is 2.02. The van der Waals surface area contributed by atoms with Crippen molar-refractivity contribution in [3.8, 4) is 6.07 Å². The zero-order chi connectivity index (χ0) is 10.1. The summed E-state index contributed by atoms with van der Waals surface area (Å²) in [5.41, 5.74) is 0.779. The number of thioether (sulfide) groups is 1. The maximum atomic E-state index is 8.98. The van der Waals surface area contributed by atoms with Gasteiger partial charge in [0.05, 0.1) is 5.56 Å². The summed E-state index contributed by atoms with van der Waals surface area (Å²) >= 11 is 5.70. The Hall–Kier alpha value is -0.250. The van der Waals surface area contributed by atoms with Gasteiger partial charge in [-0.1, -0.05) is 0 Å². The lowest BCUT2D eigenvalue weighted by atomic mass is 10.2. The first-order valence-electron chi connectivity index (χ1n) is 3.91. The van der Waals surface area contributed by atoms with Crippen LogP contribution in [-0.2, 0) is 0 Å². The average molecular weight is 331 g/mol. The molecule has 1 aromatic carbocycles. The van der Waals surface area contributed by atoms with Gasteiger partial charge in [0, 0.05) is 23.9 Å². The summed E-state index contributed by atoms with van der Waals surface area (Å²) in [4.78, 5) is 1.11. The number of benzene rings is 1. The van der Waals surface area contributed by atoms with Crippen LogP contribution in [-0.4, -0.2) is 6.26 Å². The number of fused-ring (bicyclic) bond motifs is 1. The van der Waals surface area contributed by atoms with Crippen LogP contribution < -0.4 is 0 Å². The molecule has 2 rings (SSSR count). The van der Waals surface area contributed by atoms with E-state index in [1.807, 2.05) is 18.4 Å².